The summed E-state index contributed by atoms with van der Waals surface area (Å²) in [4.78, 5) is 20.7. The summed E-state index contributed by atoms with van der Waals surface area (Å²) in [7, 11) is 0. The number of rotatable bonds is 6. The van der Waals surface area contributed by atoms with Crippen molar-refractivity contribution < 1.29 is 9.18 Å². The Labute approximate surface area is 157 Å². The molecule has 0 atom stereocenters. The van der Waals surface area contributed by atoms with E-state index in [1.165, 1.54) is 17.8 Å². The van der Waals surface area contributed by atoms with Gasteiger partial charge in [-0.15, -0.1) is 0 Å². The molecule has 2 aromatic carbocycles. The number of benzene rings is 2. The first-order valence-electron chi connectivity index (χ1n) is 8.72. The van der Waals surface area contributed by atoms with E-state index in [1.54, 1.807) is 24.3 Å². The number of nitrogens with one attached hydrogen (secondary N) is 2. The van der Waals surface area contributed by atoms with Gasteiger partial charge in [-0.2, -0.15) is 0 Å². The van der Waals surface area contributed by atoms with Gasteiger partial charge >= 0.3 is 0 Å². The molecular weight excluding hydrogens is 343 g/mol. The number of carbonyl (C=O) groups excluding carboxylic acids is 1. The van der Waals surface area contributed by atoms with Crippen LogP contribution >= 0.6 is 0 Å². The molecule has 0 saturated carbocycles. The zero-order chi connectivity index (χ0) is 19.2. The van der Waals surface area contributed by atoms with E-state index in [9.17, 15) is 9.18 Å². The number of hydrogen-bond donors (Lipinski definition) is 2. The smallest absolute Gasteiger partial charge is 0.270 e. The van der Waals surface area contributed by atoms with Gasteiger partial charge in [-0.05, 0) is 49.6 Å². The monoisotopic (exact) mass is 364 g/mol. The lowest BCUT2D eigenvalue weighted by molar-refractivity contribution is 0.0949. The second-order valence-electron chi connectivity index (χ2n) is 6.31. The molecule has 27 heavy (non-hydrogen) atoms. The summed E-state index contributed by atoms with van der Waals surface area (Å²) >= 11 is 0. The highest BCUT2D eigenvalue weighted by Crippen LogP contribution is 2.19. The number of hydrogen-bond acceptors (Lipinski definition) is 4. The number of halogens is 1. The van der Waals surface area contributed by atoms with Gasteiger partial charge in [0, 0.05) is 18.4 Å². The van der Waals surface area contributed by atoms with Gasteiger partial charge in [0.15, 0.2) is 0 Å². The molecule has 2 N–H and O–H groups in total. The Bertz CT molecular complexity index is 958. The van der Waals surface area contributed by atoms with Crippen LogP contribution < -0.4 is 10.6 Å². The second-order valence-corrected chi connectivity index (χ2v) is 6.31. The fourth-order valence-corrected chi connectivity index (χ4v) is 2.72. The van der Waals surface area contributed by atoms with E-state index in [0.29, 0.717) is 24.5 Å². The maximum atomic E-state index is 13.6. The summed E-state index contributed by atoms with van der Waals surface area (Å²) in [5.74, 6) is -0.241. The number of carbonyl (C=O) groups is 1. The van der Waals surface area contributed by atoms with Crippen molar-refractivity contribution in [1.29, 1.82) is 0 Å². The molecule has 0 saturated heterocycles. The topological polar surface area (TPSA) is 66.9 Å². The van der Waals surface area contributed by atoms with E-state index in [4.69, 9.17) is 0 Å². The molecule has 0 aliphatic rings. The third-order valence-corrected chi connectivity index (χ3v) is 4.15. The van der Waals surface area contributed by atoms with Crippen LogP contribution in [-0.2, 0) is 6.42 Å². The lowest BCUT2D eigenvalue weighted by atomic mass is 10.1. The third kappa shape index (κ3) is 4.88. The Kier molecular flexibility index (Phi) is 5.76. The highest BCUT2D eigenvalue weighted by molar-refractivity contribution is 5.92. The minimum absolute atomic E-state index is 0.255. The quantitative estimate of drug-likeness (QED) is 0.695. The van der Waals surface area contributed by atoms with E-state index in [2.05, 4.69) is 26.7 Å². The van der Waals surface area contributed by atoms with Crippen LogP contribution in [0, 0.1) is 19.7 Å². The zero-order valence-corrected chi connectivity index (χ0v) is 15.3. The van der Waals surface area contributed by atoms with Crippen molar-refractivity contribution in [2.45, 2.75) is 20.3 Å². The van der Waals surface area contributed by atoms with Gasteiger partial charge in [-0.3, -0.25) is 4.79 Å². The predicted molar refractivity (Wildman–Crippen MR) is 104 cm³/mol. The van der Waals surface area contributed by atoms with Gasteiger partial charge in [-0.1, -0.05) is 35.9 Å². The fourth-order valence-electron chi connectivity index (χ4n) is 2.72. The van der Waals surface area contributed by atoms with Gasteiger partial charge in [0.25, 0.3) is 5.91 Å². The molecule has 0 fully saturated rings. The van der Waals surface area contributed by atoms with Gasteiger partial charge in [0.2, 0.25) is 5.95 Å². The molecule has 0 bridgehead atoms. The number of amides is 1. The van der Waals surface area contributed by atoms with Crippen LogP contribution in [0.4, 0.5) is 16.0 Å². The number of aryl methyl sites for hydroxylation is 2. The van der Waals surface area contributed by atoms with E-state index >= 15 is 0 Å². The summed E-state index contributed by atoms with van der Waals surface area (Å²) in [5, 5.41) is 5.89. The van der Waals surface area contributed by atoms with Crippen molar-refractivity contribution >= 4 is 17.5 Å². The van der Waals surface area contributed by atoms with Crippen molar-refractivity contribution in [2.75, 3.05) is 11.9 Å². The third-order valence-electron chi connectivity index (χ3n) is 4.15. The minimum Gasteiger partial charge on any atom is -0.350 e. The maximum absolute atomic E-state index is 13.6. The molecule has 1 aromatic heterocycles. The number of aromatic nitrogens is 2. The average molecular weight is 364 g/mol. The fraction of sp³-hybridized carbons (Fsp3) is 0.190. The van der Waals surface area contributed by atoms with Gasteiger partial charge in [-0.25, -0.2) is 14.4 Å². The Balaban J connectivity index is 1.62. The lowest BCUT2D eigenvalue weighted by Gasteiger charge is -2.10. The van der Waals surface area contributed by atoms with Gasteiger partial charge < -0.3 is 10.6 Å². The normalized spacial score (nSPS) is 10.5. The first kappa shape index (κ1) is 18.5. The van der Waals surface area contributed by atoms with E-state index < -0.39 is 0 Å². The maximum Gasteiger partial charge on any atom is 0.270 e. The van der Waals surface area contributed by atoms with Crippen LogP contribution in [0.15, 0.2) is 54.7 Å². The number of nitrogens with zero attached hydrogens (tertiary/aromatic N) is 2. The van der Waals surface area contributed by atoms with Crippen LogP contribution in [0.5, 0.6) is 0 Å². The van der Waals surface area contributed by atoms with Crippen molar-refractivity contribution in [1.82, 2.24) is 15.3 Å². The molecule has 0 radical (unpaired) electrons. The van der Waals surface area contributed by atoms with Crippen molar-refractivity contribution in [3.8, 4) is 0 Å². The predicted octanol–water partition coefficient (Wildman–Crippen LogP) is 3.95. The van der Waals surface area contributed by atoms with Gasteiger partial charge in [0.1, 0.15) is 11.5 Å². The molecule has 6 heteroatoms. The second kappa shape index (κ2) is 8.40. The molecule has 1 amide bonds. The molecule has 5 nitrogen and oxygen atoms in total. The van der Waals surface area contributed by atoms with E-state index in [0.717, 1.165) is 11.3 Å². The van der Waals surface area contributed by atoms with Crippen molar-refractivity contribution in [3.63, 3.8) is 0 Å². The van der Waals surface area contributed by atoms with Crippen molar-refractivity contribution in [3.05, 3.63) is 82.9 Å². The summed E-state index contributed by atoms with van der Waals surface area (Å²) in [6.07, 6.45) is 1.95. The Morgan fingerprint density at radius 3 is 2.70 bits per heavy atom. The molecule has 1 heterocycles. The summed E-state index contributed by atoms with van der Waals surface area (Å²) in [6, 6.07) is 14.1. The zero-order valence-electron chi connectivity index (χ0n) is 15.3. The van der Waals surface area contributed by atoms with E-state index in [-0.39, 0.29) is 17.4 Å². The summed E-state index contributed by atoms with van der Waals surface area (Å²) < 4.78 is 13.6. The van der Waals surface area contributed by atoms with Crippen LogP contribution in [0.3, 0.4) is 0 Å². The standard InChI is InChI=1S/C21H21FN4O/c1-14-7-8-18(15(2)13-14)25-21-24-12-10-19(26-21)20(27)23-11-9-16-5-3-4-6-17(16)22/h3-8,10,12-13H,9,11H2,1-2H3,(H,23,27)(H,24,25,26). The summed E-state index contributed by atoms with van der Waals surface area (Å²) in [5.41, 5.74) is 3.95. The molecule has 3 rings (SSSR count). The van der Waals surface area contributed by atoms with Crippen LogP contribution in [0.1, 0.15) is 27.2 Å². The Morgan fingerprint density at radius 1 is 1.11 bits per heavy atom. The molecule has 0 aliphatic carbocycles. The van der Waals surface area contributed by atoms with Crippen LogP contribution in [0.2, 0.25) is 0 Å². The summed E-state index contributed by atoms with van der Waals surface area (Å²) in [6.45, 7) is 4.34. The first-order valence-corrected chi connectivity index (χ1v) is 8.72. The average Bonchev–Trinajstić information content (AvgIpc) is 2.66. The SMILES string of the molecule is Cc1ccc(Nc2nccc(C(=O)NCCc3ccccc3F)n2)c(C)c1. The molecule has 0 aliphatic heterocycles. The van der Waals surface area contributed by atoms with Crippen LogP contribution in [0.25, 0.3) is 0 Å². The first-order chi connectivity index (χ1) is 13.0. The molecule has 3 aromatic rings. The molecule has 0 spiro atoms. The molecular formula is C21H21FN4O. The Morgan fingerprint density at radius 2 is 1.93 bits per heavy atom. The highest BCUT2D eigenvalue weighted by atomic mass is 19.1. The largest absolute Gasteiger partial charge is 0.350 e. The van der Waals surface area contributed by atoms with Gasteiger partial charge in [0.05, 0.1) is 0 Å². The minimum atomic E-state index is -0.322. The number of anilines is 2. The van der Waals surface area contributed by atoms with Crippen molar-refractivity contribution in [2.24, 2.45) is 0 Å². The molecule has 138 valence electrons. The molecule has 0 unspecified atom stereocenters. The van der Waals surface area contributed by atoms with E-state index in [1.807, 2.05) is 26.0 Å². The lowest BCUT2D eigenvalue weighted by Crippen LogP contribution is -2.27. The van der Waals surface area contributed by atoms with Crippen LogP contribution in [-0.4, -0.2) is 22.4 Å². The highest BCUT2D eigenvalue weighted by Gasteiger charge is 2.10. The Hall–Kier alpha value is -3.28.